The topological polar surface area (TPSA) is 101 Å². The Morgan fingerprint density at radius 3 is 2.40 bits per heavy atom. The Balaban J connectivity index is 1.59. The number of aryl methyl sites for hydroxylation is 1. The Hall–Kier alpha value is -4.05. The Morgan fingerprint density at radius 2 is 1.73 bits per heavy atom. The molecule has 0 atom stereocenters. The summed E-state index contributed by atoms with van der Waals surface area (Å²) < 4.78 is 16.0. The normalized spacial score (nSPS) is 10.2. The van der Waals surface area contributed by atoms with Gasteiger partial charge in [0.05, 0.1) is 12.7 Å². The summed E-state index contributed by atoms with van der Waals surface area (Å²) in [5.41, 5.74) is 2.11. The van der Waals surface area contributed by atoms with Crippen LogP contribution in [0.1, 0.15) is 21.6 Å². The van der Waals surface area contributed by atoms with Crippen LogP contribution in [-0.4, -0.2) is 31.3 Å². The number of carbonyl (C=O) groups excluding carboxylic acids is 1. The van der Waals surface area contributed by atoms with Crippen molar-refractivity contribution < 1.29 is 19.0 Å². The highest BCUT2D eigenvalue weighted by Crippen LogP contribution is 2.24. The molecule has 1 N–H and O–H groups in total. The molecule has 1 heterocycles. The number of aromatic amines is 1. The first kappa shape index (κ1) is 20.7. The molecule has 152 valence electrons. The highest BCUT2D eigenvalue weighted by molar-refractivity contribution is 5.89. The monoisotopic (exact) mass is 404 g/mol. The number of carbonyl (C=O) groups is 1. The van der Waals surface area contributed by atoms with Gasteiger partial charge in [-0.15, -0.1) is 0 Å². The van der Waals surface area contributed by atoms with Crippen molar-refractivity contribution in [1.29, 1.82) is 5.26 Å². The predicted molar refractivity (Wildman–Crippen MR) is 111 cm³/mol. The van der Waals surface area contributed by atoms with Gasteiger partial charge in [-0.3, -0.25) is 4.79 Å². The zero-order valence-corrected chi connectivity index (χ0v) is 16.6. The van der Waals surface area contributed by atoms with Gasteiger partial charge >= 0.3 is 5.97 Å². The number of nitriles is 1. The number of rotatable bonds is 7. The van der Waals surface area contributed by atoms with Gasteiger partial charge in [0.1, 0.15) is 36.3 Å². The van der Waals surface area contributed by atoms with Gasteiger partial charge in [-0.25, -0.2) is 4.79 Å². The fraction of sp³-hybridized carbons (Fsp3) is 0.174. The molecule has 0 aliphatic rings. The fourth-order valence-electron chi connectivity index (χ4n) is 2.91. The average molecular weight is 404 g/mol. The van der Waals surface area contributed by atoms with Crippen molar-refractivity contribution in [2.24, 2.45) is 0 Å². The van der Waals surface area contributed by atoms with Gasteiger partial charge in [0.25, 0.3) is 5.56 Å². The largest absolute Gasteiger partial charge is 0.490 e. The van der Waals surface area contributed by atoms with Gasteiger partial charge in [0, 0.05) is 11.3 Å². The first-order valence-electron chi connectivity index (χ1n) is 9.20. The molecule has 1 aromatic heterocycles. The van der Waals surface area contributed by atoms with E-state index < -0.39 is 11.5 Å². The molecule has 0 aliphatic heterocycles. The molecule has 0 aliphatic carbocycles. The Bertz CT molecular complexity index is 1140. The molecule has 0 radical (unpaired) electrons. The summed E-state index contributed by atoms with van der Waals surface area (Å²) in [6, 6.07) is 17.6. The molecular weight excluding hydrogens is 384 g/mol. The number of aromatic nitrogens is 1. The summed E-state index contributed by atoms with van der Waals surface area (Å²) in [7, 11) is 1.33. The molecular formula is C23H20N2O5. The summed E-state index contributed by atoms with van der Waals surface area (Å²) in [6.45, 7) is 2.36. The van der Waals surface area contributed by atoms with Crippen LogP contribution in [-0.2, 0) is 4.74 Å². The van der Waals surface area contributed by atoms with Crippen LogP contribution < -0.4 is 15.0 Å². The lowest BCUT2D eigenvalue weighted by atomic mass is 10.0. The third-order valence-electron chi connectivity index (χ3n) is 4.32. The van der Waals surface area contributed by atoms with Crippen molar-refractivity contribution in [3.63, 3.8) is 0 Å². The highest BCUT2D eigenvalue weighted by atomic mass is 16.5. The number of pyridine rings is 1. The molecule has 0 bridgehead atoms. The summed E-state index contributed by atoms with van der Waals surface area (Å²) >= 11 is 0. The van der Waals surface area contributed by atoms with Crippen LogP contribution >= 0.6 is 0 Å². The summed E-state index contributed by atoms with van der Waals surface area (Å²) in [5.74, 6) is 0.753. The standard InChI is InChI=1S/C23H20N2O5/c1-15-12-20(21(14-24)22(26)25-15)16-6-8-18(9-7-16)29-10-11-30-19-5-3-4-17(13-19)23(27)28-2/h3-9,12-13H,10-11H2,1-2H3,(H,25,26). The van der Waals surface area contributed by atoms with E-state index in [1.807, 2.05) is 6.07 Å². The van der Waals surface area contributed by atoms with E-state index in [0.29, 0.717) is 34.9 Å². The zero-order chi connectivity index (χ0) is 21.5. The lowest BCUT2D eigenvalue weighted by molar-refractivity contribution is 0.0600. The van der Waals surface area contributed by atoms with Gasteiger partial charge in [-0.2, -0.15) is 5.26 Å². The number of esters is 1. The minimum atomic E-state index is -0.424. The molecule has 0 fully saturated rings. The summed E-state index contributed by atoms with van der Waals surface area (Å²) in [6.07, 6.45) is 0. The quantitative estimate of drug-likeness (QED) is 0.478. The third-order valence-corrected chi connectivity index (χ3v) is 4.32. The van der Waals surface area contributed by atoms with Crippen LogP contribution in [0.5, 0.6) is 11.5 Å². The maximum Gasteiger partial charge on any atom is 0.337 e. The highest BCUT2D eigenvalue weighted by Gasteiger charge is 2.10. The first-order valence-corrected chi connectivity index (χ1v) is 9.20. The molecule has 0 saturated carbocycles. The predicted octanol–water partition coefficient (Wildman–Crippen LogP) is 3.47. The van der Waals surface area contributed by atoms with E-state index in [9.17, 15) is 14.9 Å². The van der Waals surface area contributed by atoms with Crippen molar-refractivity contribution >= 4 is 5.97 Å². The number of ether oxygens (including phenoxy) is 3. The Morgan fingerprint density at radius 1 is 1.03 bits per heavy atom. The van der Waals surface area contributed by atoms with Crippen molar-refractivity contribution in [2.45, 2.75) is 6.92 Å². The molecule has 3 rings (SSSR count). The van der Waals surface area contributed by atoms with Crippen molar-refractivity contribution in [2.75, 3.05) is 20.3 Å². The average Bonchev–Trinajstić information content (AvgIpc) is 2.76. The molecule has 0 spiro atoms. The maximum absolute atomic E-state index is 12.0. The molecule has 30 heavy (non-hydrogen) atoms. The third kappa shape index (κ3) is 4.86. The van der Waals surface area contributed by atoms with E-state index >= 15 is 0 Å². The van der Waals surface area contributed by atoms with Crippen LogP contribution in [0.4, 0.5) is 0 Å². The van der Waals surface area contributed by atoms with Gasteiger partial charge in [-0.1, -0.05) is 18.2 Å². The molecule has 0 saturated heterocycles. The van der Waals surface area contributed by atoms with Crippen molar-refractivity contribution in [3.05, 3.63) is 81.8 Å². The van der Waals surface area contributed by atoms with Crippen LogP contribution in [0.2, 0.25) is 0 Å². The van der Waals surface area contributed by atoms with Gasteiger partial charge in [0.15, 0.2) is 0 Å². The zero-order valence-electron chi connectivity index (χ0n) is 16.6. The second-order valence-corrected chi connectivity index (χ2v) is 6.42. The number of benzene rings is 2. The minimum Gasteiger partial charge on any atom is -0.490 e. The smallest absolute Gasteiger partial charge is 0.337 e. The van der Waals surface area contributed by atoms with Crippen LogP contribution in [0.3, 0.4) is 0 Å². The number of nitrogens with one attached hydrogen (secondary N) is 1. The van der Waals surface area contributed by atoms with Crippen molar-refractivity contribution in [3.8, 4) is 28.7 Å². The number of hydrogen-bond acceptors (Lipinski definition) is 6. The molecule has 2 aromatic carbocycles. The minimum absolute atomic E-state index is 0.0804. The van der Waals surface area contributed by atoms with E-state index in [2.05, 4.69) is 9.72 Å². The van der Waals surface area contributed by atoms with Gasteiger partial charge in [0.2, 0.25) is 0 Å². The number of H-pyrrole nitrogens is 1. The lowest BCUT2D eigenvalue weighted by Gasteiger charge is -2.10. The number of methoxy groups -OCH3 is 1. The lowest BCUT2D eigenvalue weighted by Crippen LogP contribution is -2.12. The second kappa shape index (κ2) is 9.43. The molecule has 7 nitrogen and oxygen atoms in total. The van der Waals surface area contributed by atoms with E-state index in [1.54, 1.807) is 61.5 Å². The van der Waals surface area contributed by atoms with E-state index in [4.69, 9.17) is 9.47 Å². The number of nitrogens with zero attached hydrogens (tertiary/aromatic N) is 1. The number of hydrogen-bond donors (Lipinski definition) is 1. The second-order valence-electron chi connectivity index (χ2n) is 6.42. The van der Waals surface area contributed by atoms with Crippen LogP contribution in [0, 0.1) is 18.3 Å². The molecule has 0 amide bonds. The van der Waals surface area contributed by atoms with Gasteiger partial charge < -0.3 is 19.2 Å². The first-order chi connectivity index (χ1) is 14.5. The molecule has 0 unspecified atom stereocenters. The van der Waals surface area contributed by atoms with E-state index in [1.165, 1.54) is 7.11 Å². The van der Waals surface area contributed by atoms with Gasteiger partial charge in [-0.05, 0) is 48.9 Å². The summed E-state index contributed by atoms with van der Waals surface area (Å²) in [4.78, 5) is 26.1. The van der Waals surface area contributed by atoms with Crippen molar-refractivity contribution in [1.82, 2.24) is 4.98 Å². The Kier molecular flexibility index (Phi) is 6.50. The summed E-state index contributed by atoms with van der Waals surface area (Å²) in [5, 5.41) is 9.27. The van der Waals surface area contributed by atoms with Crippen LogP contribution in [0.25, 0.3) is 11.1 Å². The molecule has 3 aromatic rings. The van der Waals surface area contributed by atoms with E-state index in [-0.39, 0.29) is 12.2 Å². The molecule has 7 heteroatoms. The van der Waals surface area contributed by atoms with Crippen LogP contribution in [0.15, 0.2) is 59.4 Å². The SMILES string of the molecule is COC(=O)c1cccc(OCCOc2ccc(-c3cc(C)[nH]c(=O)c3C#N)cc2)c1. The maximum atomic E-state index is 12.0. The Labute approximate surface area is 173 Å². The fourth-order valence-corrected chi connectivity index (χ4v) is 2.91. The van der Waals surface area contributed by atoms with E-state index in [0.717, 1.165) is 5.56 Å².